The molecule has 0 saturated heterocycles. The Hall–Kier alpha value is -3.06. The quantitative estimate of drug-likeness (QED) is 0.575. The van der Waals surface area contributed by atoms with E-state index >= 15 is 0 Å². The first-order chi connectivity index (χ1) is 13.9. The van der Waals surface area contributed by atoms with Crippen LogP contribution in [0, 0.1) is 0 Å². The largest absolute Gasteiger partial charge is 0.491 e. The molecule has 0 saturated carbocycles. The molecule has 0 radical (unpaired) electrons. The van der Waals surface area contributed by atoms with Crippen molar-refractivity contribution >= 4 is 32.4 Å². The minimum Gasteiger partial charge on any atom is -0.491 e. The Morgan fingerprint density at radius 1 is 1.00 bits per heavy atom. The summed E-state index contributed by atoms with van der Waals surface area (Å²) in [5.41, 5.74) is 0.995. The van der Waals surface area contributed by atoms with Gasteiger partial charge in [0.1, 0.15) is 12.4 Å². The van der Waals surface area contributed by atoms with Gasteiger partial charge < -0.3 is 10.1 Å². The molecule has 0 bridgehead atoms. The first-order valence-electron chi connectivity index (χ1n) is 9.36. The molecule has 3 aromatic rings. The van der Waals surface area contributed by atoms with Crippen molar-refractivity contribution < 1.29 is 17.9 Å². The molecule has 0 spiro atoms. The highest BCUT2D eigenvalue weighted by Crippen LogP contribution is 2.25. The lowest BCUT2D eigenvalue weighted by molar-refractivity contribution is 0.0947. The molecule has 0 aliphatic rings. The molecular weight excluding hydrogens is 388 g/mol. The number of sulfonamides is 1. The van der Waals surface area contributed by atoms with Gasteiger partial charge in [-0.2, -0.15) is 0 Å². The van der Waals surface area contributed by atoms with Gasteiger partial charge in [-0.25, -0.2) is 8.42 Å². The number of fused-ring (bicyclic) bond motifs is 1. The molecule has 0 aromatic heterocycles. The lowest BCUT2D eigenvalue weighted by Gasteiger charge is -2.20. The highest BCUT2D eigenvalue weighted by atomic mass is 32.2. The predicted molar refractivity (Wildman–Crippen MR) is 116 cm³/mol. The van der Waals surface area contributed by atoms with E-state index in [1.807, 2.05) is 42.5 Å². The van der Waals surface area contributed by atoms with Gasteiger partial charge in [0.15, 0.2) is 0 Å². The summed E-state index contributed by atoms with van der Waals surface area (Å²) in [7, 11) is -3.34. The second kappa shape index (κ2) is 8.96. The average Bonchev–Trinajstić information content (AvgIpc) is 2.71. The molecule has 0 atom stereocenters. The number of nitrogens with one attached hydrogen (secondary N) is 1. The number of hydrogen-bond donors (Lipinski definition) is 1. The summed E-state index contributed by atoms with van der Waals surface area (Å²) >= 11 is 0. The van der Waals surface area contributed by atoms with Crippen molar-refractivity contribution in [1.29, 1.82) is 0 Å². The lowest BCUT2D eigenvalue weighted by atomic mass is 10.1. The van der Waals surface area contributed by atoms with Crippen molar-refractivity contribution in [1.82, 2.24) is 5.32 Å². The molecule has 3 rings (SSSR count). The van der Waals surface area contributed by atoms with Crippen LogP contribution in [0.2, 0.25) is 0 Å². The molecule has 3 aromatic carbocycles. The summed E-state index contributed by atoms with van der Waals surface area (Å²) in [6, 6.07) is 20.3. The summed E-state index contributed by atoms with van der Waals surface area (Å²) in [4.78, 5) is 12.3. The van der Waals surface area contributed by atoms with E-state index in [-0.39, 0.29) is 5.91 Å². The van der Waals surface area contributed by atoms with E-state index in [1.165, 1.54) is 4.31 Å². The molecule has 1 N–H and O–H groups in total. The number of carbonyl (C=O) groups excluding carboxylic acids is 1. The number of carbonyl (C=O) groups is 1. The Morgan fingerprint density at radius 3 is 2.38 bits per heavy atom. The summed E-state index contributed by atoms with van der Waals surface area (Å²) in [6.07, 6.45) is 1.16. The lowest BCUT2D eigenvalue weighted by Crippen LogP contribution is -2.30. The van der Waals surface area contributed by atoms with Gasteiger partial charge in [0.05, 0.1) is 18.5 Å². The average molecular weight is 413 g/mol. The third kappa shape index (κ3) is 5.06. The van der Waals surface area contributed by atoms with Gasteiger partial charge in [0.25, 0.3) is 5.91 Å². The fraction of sp³-hybridized carbons (Fsp3) is 0.227. The first-order valence-corrected chi connectivity index (χ1v) is 11.2. The Bertz CT molecular complexity index is 1090. The van der Waals surface area contributed by atoms with Crippen LogP contribution < -0.4 is 14.4 Å². The monoisotopic (exact) mass is 412 g/mol. The Labute approximate surface area is 171 Å². The van der Waals surface area contributed by atoms with Gasteiger partial charge in [0.2, 0.25) is 10.0 Å². The molecule has 0 unspecified atom stereocenters. The van der Waals surface area contributed by atoms with Crippen molar-refractivity contribution in [2.45, 2.75) is 6.92 Å². The molecule has 152 valence electrons. The maximum atomic E-state index is 12.3. The summed E-state index contributed by atoms with van der Waals surface area (Å²) in [6.45, 7) is 2.79. The number of rotatable bonds is 8. The van der Waals surface area contributed by atoms with Crippen LogP contribution in [0.15, 0.2) is 66.7 Å². The topological polar surface area (TPSA) is 75.7 Å². The number of benzene rings is 3. The number of ether oxygens (including phenoxy) is 1. The third-order valence-corrected chi connectivity index (χ3v) is 5.77. The molecule has 29 heavy (non-hydrogen) atoms. The van der Waals surface area contributed by atoms with Crippen LogP contribution in [0.3, 0.4) is 0 Å². The molecule has 0 heterocycles. The fourth-order valence-corrected chi connectivity index (χ4v) is 4.11. The maximum Gasteiger partial charge on any atom is 0.251 e. The van der Waals surface area contributed by atoms with E-state index in [0.29, 0.717) is 30.9 Å². The second-order valence-corrected chi connectivity index (χ2v) is 8.46. The van der Waals surface area contributed by atoms with Crippen molar-refractivity contribution in [3.8, 4) is 5.75 Å². The minimum atomic E-state index is -3.34. The van der Waals surface area contributed by atoms with Crippen LogP contribution in [0.1, 0.15) is 17.3 Å². The zero-order valence-corrected chi connectivity index (χ0v) is 17.3. The zero-order chi connectivity index (χ0) is 20.9. The Morgan fingerprint density at radius 2 is 1.69 bits per heavy atom. The standard InChI is InChI=1S/C22H24N2O4S/c1-3-24(29(2,26)27)19-13-11-18(12-14-19)22(25)23-15-16-28-21-10-6-8-17-7-4-5-9-20(17)21/h4-14H,3,15-16H2,1-2H3,(H,23,25). The number of amides is 1. The first kappa shape index (κ1) is 20.7. The van der Waals surface area contributed by atoms with Gasteiger partial charge in [-0.3, -0.25) is 9.10 Å². The van der Waals surface area contributed by atoms with E-state index in [9.17, 15) is 13.2 Å². The molecular formula is C22H24N2O4S. The van der Waals surface area contributed by atoms with Crippen LogP contribution in [-0.4, -0.2) is 40.3 Å². The summed E-state index contributed by atoms with van der Waals surface area (Å²) < 4.78 is 30.7. The van der Waals surface area contributed by atoms with Crippen LogP contribution in [0.25, 0.3) is 10.8 Å². The summed E-state index contributed by atoms with van der Waals surface area (Å²) in [5.74, 6) is 0.544. The van der Waals surface area contributed by atoms with E-state index in [4.69, 9.17) is 4.74 Å². The second-order valence-electron chi connectivity index (χ2n) is 6.56. The van der Waals surface area contributed by atoms with Crippen molar-refractivity contribution in [2.75, 3.05) is 30.3 Å². The van der Waals surface area contributed by atoms with Gasteiger partial charge in [-0.1, -0.05) is 36.4 Å². The zero-order valence-electron chi connectivity index (χ0n) is 16.5. The van der Waals surface area contributed by atoms with Crippen LogP contribution in [0.4, 0.5) is 5.69 Å². The predicted octanol–water partition coefficient (Wildman–Crippen LogP) is 3.43. The normalized spacial score (nSPS) is 11.2. The third-order valence-electron chi connectivity index (χ3n) is 4.50. The van der Waals surface area contributed by atoms with Crippen LogP contribution >= 0.6 is 0 Å². The van der Waals surface area contributed by atoms with E-state index in [1.54, 1.807) is 31.2 Å². The maximum absolute atomic E-state index is 12.3. The van der Waals surface area contributed by atoms with Crippen molar-refractivity contribution in [2.24, 2.45) is 0 Å². The molecule has 1 amide bonds. The molecule has 6 nitrogen and oxygen atoms in total. The van der Waals surface area contributed by atoms with Crippen molar-refractivity contribution in [3.05, 3.63) is 72.3 Å². The van der Waals surface area contributed by atoms with Gasteiger partial charge in [0, 0.05) is 17.5 Å². The van der Waals surface area contributed by atoms with Crippen LogP contribution in [0.5, 0.6) is 5.75 Å². The molecule has 0 aliphatic carbocycles. The van der Waals surface area contributed by atoms with Crippen molar-refractivity contribution in [3.63, 3.8) is 0 Å². The van der Waals surface area contributed by atoms with E-state index in [0.717, 1.165) is 22.8 Å². The van der Waals surface area contributed by atoms with E-state index < -0.39 is 10.0 Å². The molecule has 7 heteroatoms. The Balaban J connectivity index is 1.56. The smallest absolute Gasteiger partial charge is 0.251 e. The minimum absolute atomic E-state index is 0.236. The van der Waals surface area contributed by atoms with Gasteiger partial charge in [-0.05, 0) is 42.6 Å². The molecule has 0 aliphatic heterocycles. The SMILES string of the molecule is CCN(c1ccc(C(=O)NCCOc2cccc3ccccc23)cc1)S(C)(=O)=O. The van der Waals surface area contributed by atoms with Gasteiger partial charge >= 0.3 is 0 Å². The summed E-state index contributed by atoms with van der Waals surface area (Å²) in [5, 5.41) is 4.95. The fourth-order valence-electron chi connectivity index (χ4n) is 3.14. The van der Waals surface area contributed by atoms with E-state index in [2.05, 4.69) is 5.32 Å². The molecule has 0 fully saturated rings. The van der Waals surface area contributed by atoms with Gasteiger partial charge in [-0.15, -0.1) is 0 Å². The van der Waals surface area contributed by atoms with Crippen LogP contribution in [-0.2, 0) is 10.0 Å². The Kier molecular flexibility index (Phi) is 6.39. The number of anilines is 1. The highest BCUT2D eigenvalue weighted by Gasteiger charge is 2.15. The number of hydrogen-bond acceptors (Lipinski definition) is 4. The highest BCUT2D eigenvalue weighted by molar-refractivity contribution is 7.92. The number of nitrogens with zero attached hydrogens (tertiary/aromatic N) is 1.